The summed E-state index contributed by atoms with van der Waals surface area (Å²) in [5.41, 5.74) is 7.69. The fourth-order valence-electron chi connectivity index (χ4n) is 3.99. The molecule has 3 nitrogen and oxygen atoms in total. The number of thiophene rings is 1. The van der Waals surface area contributed by atoms with Gasteiger partial charge in [-0.2, -0.15) is 0 Å². The third-order valence-electron chi connectivity index (χ3n) is 5.42. The summed E-state index contributed by atoms with van der Waals surface area (Å²) >= 11 is 1.56. The molecule has 1 amide bonds. The quantitative estimate of drug-likeness (QED) is 0.341. The summed E-state index contributed by atoms with van der Waals surface area (Å²) < 4.78 is 44.4. The number of carbonyl (C=O) groups is 1. The van der Waals surface area contributed by atoms with Crippen LogP contribution in [0.5, 0.6) is 0 Å². The van der Waals surface area contributed by atoms with E-state index in [2.05, 4.69) is 0 Å². The van der Waals surface area contributed by atoms with Crippen LogP contribution in [0.2, 0.25) is 0 Å². The third-order valence-corrected chi connectivity index (χ3v) is 6.34. The number of amides is 1. The van der Waals surface area contributed by atoms with E-state index < -0.39 is 23.4 Å². The molecule has 0 aliphatic rings. The highest BCUT2D eigenvalue weighted by Crippen LogP contribution is 2.36. The Labute approximate surface area is 179 Å². The highest BCUT2D eigenvalue weighted by atomic mass is 32.1. The standard InChI is InChI=1S/C24H15F3N2OS/c25-17-8-9-18(26)23(27)16(17)12-29-19-4-1-3-15(24(28)30)22(19)14-7-6-13(11-20(14)29)21-5-2-10-31-21/h1-11H,12H2,(H2,28,30). The number of primary amides is 1. The van der Waals surface area contributed by atoms with Gasteiger partial charge in [0.25, 0.3) is 0 Å². The molecule has 5 rings (SSSR count). The fourth-order valence-corrected chi connectivity index (χ4v) is 4.71. The molecule has 31 heavy (non-hydrogen) atoms. The predicted octanol–water partition coefficient (Wildman–Crippen LogP) is 6.09. The minimum Gasteiger partial charge on any atom is -0.366 e. The molecule has 0 bridgehead atoms. The van der Waals surface area contributed by atoms with E-state index in [-0.39, 0.29) is 12.1 Å². The van der Waals surface area contributed by atoms with Gasteiger partial charge >= 0.3 is 0 Å². The number of halogens is 3. The van der Waals surface area contributed by atoms with Gasteiger partial charge in [0.1, 0.15) is 5.82 Å². The molecule has 0 spiro atoms. The van der Waals surface area contributed by atoms with Crippen molar-refractivity contribution >= 4 is 39.0 Å². The first-order valence-electron chi connectivity index (χ1n) is 9.46. The summed E-state index contributed by atoms with van der Waals surface area (Å²) in [6.07, 6.45) is 0. The lowest BCUT2D eigenvalue weighted by Crippen LogP contribution is -2.11. The number of carbonyl (C=O) groups excluding carboxylic acids is 1. The lowest BCUT2D eigenvalue weighted by Gasteiger charge is -2.11. The smallest absolute Gasteiger partial charge is 0.249 e. The highest BCUT2D eigenvalue weighted by Gasteiger charge is 2.20. The van der Waals surface area contributed by atoms with Crippen LogP contribution in [0.15, 0.2) is 66.0 Å². The zero-order chi connectivity index (χ0) is 21.7. The fraction of sp³-hybridized carbons (Fsp3) is 0.0417. The number of benzene rings is 3. The van der Waals surface area contributed by atoms with E-state index in [1.54, 1.807) is 34.1 Å². The van der Waals surface area contributed by atoms with Crippen molar-refractivity contribution in [1.82, 2.24) is 4.57 Å². The molecule has 0 unspecified atom stereocenters. The second kappa shape index (κ2) is 7.28. The van der Waals surface area contributed by atoms with Gasteiger partial charge in [0.15, 0.2) is 11.6 Å². The summed E-state index contributed by atoms with van der Waals surface area (Å²) in [5.74, 6) is -3.78. The zero-order valence-corrected chi connectivity index (χ0v) is 16.8. The summed E-state index contributed by atoms with van der Waals surface area (Å²) in [6, 6.07) is 16.3. The maximum absolute atomic E-state index is 14.5. The van der Waals surface area contributed by atoms with E-state index >= 15 is 0 Å². The average Bonchev–Trinajstić information content (AvgIpc) is 3.40. The van der Waals surface area contributed by atoms with Gasteiger partial charge in [-0.05, 0) is 47.3 Å². The van der Waals surface area contributed by atoms with Crippen molar-refractivity contribution in [3.63, 3.8) is 0 Å². The van der Waals surface area contributed by atoms with Gasteiger partial charge in [0.2, 0.25) is 5.91 Å². The molecule has 0 atom stereocenters. The first-order valence-corrected chi connectivity index (χ1v) is 10.3. The Morgan fingerprint density at radius 3 is 2.48 bits per heavy atom. The van der Waals surface area contributed by atoms with E-state index in [1.165, 1.54) is 0 Å². The van der Waals surface area contributed by atoms with Gasteiger partial charge in [0, 0.05) is 26.8 Å². The van der Waals surface area contributed by atoms with Crippen molar-refractivity contribution in [3.8, 4) is 10.4 Å². The van der Waals surface area contributed by atoms with Gasteiger partial charge in [-0.15, -0.1) is 11.3 Å². The molecule has 7 heteroatoms. The summed E-state index contributed by atoms with van der Waals surface area (Å²) in [7, 11) is 0. The Morgan fingerprint density at radius 1 is 0.935 bits per heavy atom. The van der Waals surface area contributed by atoms with Crippen LogP contribution in [0.1, 0.15) is 15.9 Å². The normalized spacial score (nSPS) is 11.5. The first-order chi connectivity index (χ1) is 15.0. The highest BCUT2D eigenvalue weighted by molar-refractivity contribution is 7.13. The Bertz CT molecular complexity index is 1470. The Hall–Kier alpha value is -3.58. The number of aromatic nitrogens is 1. The first kappa shape index (κ1) is 19.4. The van der Waals surface area contributed by atoms with Crippen LogP contribution < -0.4 is 5.73 Å². The molecule has 154 valence electrons. The summed E-state index contributed by atoms with van der Waals surface area (Å²) in [4.78, 5) is 13.1. The lowest BCUT2D eigenvalue weighted by molar-refractivity contribution is 0.100. The molecule has 3 aromatic carbocycles. The number of nitrogens with zero attached hydrogens (tertiary/aromatic N) is 1. The van der Waals surface area contributed by atoms with E-state index in [0.717, 1.165) is 28.0 Å². The number of rotatable bonds is 4. The van der Waals surface area contributed by atoms with E-state index in [0.29, 0.717) is 22.0 Å². The largest absolute Gasteiger partial charge is 0.366 e. The van der Waals surface area contributed by atoms with Gasteiger partial charge in [-0.3, -0.25) is 4.79 Å². The van der Waals surface area contributed by atoms with Gasteiger partial charge < -0.3 is 10.3 Å². The van der Waals surface area contributed by atoms with E-state index in [1.807, 2.05) is 35.7 Å². The topological polar surface area (TPSA) is 48.0 Å². The van der Waals surface area contributed by atoms with Crippen molar-refractivity contribution < 1.29 is 18.0 Å². The molecule has 2 aromatic heterocycles. The molecule has 2 N–H and O–H groups in total. The number of hydrogen-bond acceptors (Lipinski definition) is 2. The summed E-state index contributed by atoms with van der Waals surface area (Å²) in [6.45, 7) is -0.245. The van der Waals surface area contributed by atoms with Crippen LogP contribution in [0.3, 0.4) is 0 Å². The van der Waals surface area contributed by atoms with E-state index in [9.17, 15) is 18.0 Å². The predicted molar refractivity (Wildman–Crippen MR) is 117 cm³/mol. The zero-order valence-electron chi connectivity index (χ0n) is 16.0. The molecule has 0 radical (unpaired) electrons. The van der Waals surface area contributed by atoms with Crippen LogP contribution in [0.25, 0.3) is 32.2 Å². The van der Waals surface area contributed by atoms with Crippen LogP contribution in [-0.4, -0.2) is 10.5 Å². The van der Waals surface area contributed by atoms with Gasteiger partial charge in [-0.1, -0.05) is 24.3 Å². The summed E-state index contributed by atoms with van der Waals surface area (Å²) in [5, 5.41) is 3.28. The second-order valence-electron chi connectivity index (χ2n) is 7.18. The van der Waals surface area contributed by atoms with Gasteiger partial charge in [-0.25, -0.2) is 13.2 Å². The maximum atomic E-state index is 14.5. The van der Waals surface area contributed by atoms with Crippen LogP contribution in [-0.2, 0) is 6.54 Å². The molecule has 0 fully saturated rings. The number of hydrogen-bond donors (Lipinski definition) is 1. The Morgan fingerprint density at radius 2 is 1.74 bits per heavy atom. The number of nitrogens with two attached hydrogens (primary N) is 1. The Kier molecular flexibility index (Phi) is 4.55. The second-order valence-corrected chi connectivity index (χ2v) is 8.13. The van der Waals surface area contributed by atoms with E-state index in [4.69, 9.17) is 5.73 Å². The van der Waals surface area contributed by atoms with Crippen molar-refractivity contribution in [2.24, 2.45) is 5.73 Å². The minimum atomic E-state index is -1.23. The van der Waals surface area contributed by atoms with Crippen molar-refractivity contribution in [3.05, 3.63) is 94.6 Å². The van der Waals surface area contributed by atoms with Crippen molar-refractivity contribution in [1.29, 1.82) is 0 Å². The van der Waals surface area contributed by atoms with Crippen LogP contribution in [0, 0.1) is 17.5 Å². The van der Waals surface area contributed by atoms with Gasteiger partial charge in [0.05, 0.1) is 17.6 Å². The molecule has 0 aliphatic heterocycles. The molecule has 5 aromatic rings. The maximum Gasteiger partial charge on any atom is 0.249 e. The van der Waals surface area contributed by atoms with Crippen molar-refractivity contribution in [2.75, 3.05) is 0 Å². The molecular formula is C24H15F3N2OS. The van der Waals surface area contributed by atoms with Crippen LogP contribution in [0.4, 0.5) is 13.2 Å². The monoisotopic (exact) mass is 436 g/mol. The Balaban J connectivity index is 1.85. The molecule has 2 heterocycles. The molecule has 0 saturated heterocycles. The minimum absolute atomic E-state index is 0.245. The molecule has 0 saturated carbocycles. The SMILES string of the molecule is NC(=O)c1cccc2c1c1ccc(-c3cccs3)cc1n2Cc1c(F)ccc(F)c1F. The third kappa shape index (κ3) is 3.09. The average molecular weight is 436 g/mol. The lowest BCUT2D eigenvalue weighted by atomic mass is 10.0. The molecular weight excluding hydrogens is 421 g/mol. The molecule has 0 aliphatic carbocycles. The van der Waals surface area contributed by atoms with Crippen molar-refractivity contribution in [2.45, 2.75) is 6.54 Å². The number of fused-ring (bicyclic) bond motifs is 3. The van der Waals surface area contributed by atoms with Crippen LogP contribution >= 0.6 is 11.3 Å².